The molecule has 1 aliphatic rings. The molecule has 1 amide bonds. The van der Waals surface area contributed by atoms with Crippen molar-refractivity contribution in [3.63, 3.8) is 0 Å². The van der Waals surface area contributed by atoms with Crippen LogP contribution in [0.2, 0.25) is 0 Å². The highest BCUT2D eigenvalue weighted by Crippen LogP contribution is 2.30. The van der Waals surface area contributed by atoms with Gasteiger partial charge in [0.1, 0.15) is 12.3 Å². The third-order valence-electron chi connectivity index (χ3n) is 5.99. The Labute approximate surface area is 195 Å². The third kappa shape index (κ3) is 4.88. The van der Waals surface area contributed by atoms with Crippen molar-refractivity contribution < 1.29 is 17.9 Å². The summed E-state index contributed by atoms with van der Waals surface area (Å²) in [5.41, 5.74) is 3.48. The van der Waals surface area contributed by atoms with E-state index < -0.39 is 10.0 Å². The van der Waals surface area contributed by atoms with Crippen molar-refractivity contribution in [2.24, 2.45) is 0 Å². The van der Waals surface area contributed by atoms with Crippen LogP contribution < -0.4 is 14.4 Å². The van der Waals surface area contributed by atoms with E-state index in [1.165, 1.54) is 11.6 Å². The Morgan fingerprint density at radius 2 is 1.79 bits per heavy atom. The van der Waals surface area contributed by atoms with Gasteiger partial charge in [-0.15, -0.1) is 0 Å². The van der Waals surface area contributed by atoms with Crippen LogP contribution in [0, 0.1) is 6.92 Å². The van der Waals surface area contributed by atoms with Gasteiger partial charge in [-0.05, 0) is 73.2 Å². The molecule has 0 fully saturated rings. The first-order valence-corrected chi connectivity index (χ1v) is 12.4. The monoisotopic (exact) mass is 464 g/mol. The van der Waals surface area contributed by atoms with Gasteiger partial charge >= 0.3 is 0 Å². The molecule has 3 aromatic carbocycles. The lowest BCUT2D eigenvalue weighted by molar-refractivity contribution is -0.120. The summed E-state index contributed by atoms with van der Waals surface area (Å²) in [4.78, 5) is 13.2. The number of methoxy groups -OCH3 is 1. The first kappa shape index (κ1) is 22.9. The molecule has 3 aromatic rings. The van der Waals surface area contributed by atoms with Crippen LogP contribution in [0.5, 0.6) is 5.75 Å². The highest BCUT2D eigenvalue weighted by atomic mass is 32.2. The summed E-state index contributed by atoms with van der Waals surface area (Å²) in [5, 5.41) is 3.06. The number of nitrogens with zero attached hydrogens (tertiary/aromatic N) is 1. The Morgan fingerprint density at radius 3 is 2.52 bits per heavy atom. The lowest BCUT2D eigenvalue weighted by Crippen LogP contribution is -2.42. The number of hydrogen-bond acceptors (Lipinski definition) is 4. The predicted octanol–water partition coefficient (Wildman–Crippen LogP) is 4.39. The number of amides is 1. The van der Waals surface area contributed by atoms with E-state index >= 15 is 0 Å². The second-order valence-corrected chi connectivity index (χ2v) is 10.1. The molecule has 0 aliphatic heterocycles. The van der Waals surface area contributed by atoms with E-state index in [1.54, 1.807) is 50.4 Å². The van der Waals surface area contributed by atoms with Gasteiger partial charge in [0.2, 0.25) is 5.91 Å². The quantitative estimate of drug-likeness (QED) is 0.563. The van der Waals surface area contributed by atoms with Crippen molar-refractivity contribution in [2.45, 2.75) is 37.1 Å². The summed E-state index contributed by atoms with van der Waals surface area (Å²) in [7, 11) is -2.44. The van der Waals surface area contributed by atoms with E-state index in [4.69, 9.17) is 4.74 Å². The molecule has 0 heterocycles. The minimum atomic E-state index is -3.98. The number of para-hydroxylation sites is 1. The predicted molar refractivity (Wildman–Crippen MR) is 129 cm³/mol. The van der Waals surface area contributed by atoms with E-state index in [0.717, 1.165) is 29.1 Å². The van der Waals surface area contributed by atoms with Gasteiger partial charge in [-0.25, -0.2) is 8.42 Å². The highest BCUT2D eigenvalue weighted by Gasteiger charge is 2.29. The average molecular weight is 465 g/mol. The zero-order chi connectivity index (χ0) is 23.4. The van der Waals surface area contributed by atoms with E-state index in [0.29, 0.717) is 17.0 Å². The number of carbonyl (C=O) groups excluding carboxylic acids is 1. The molecule has 0 radical (unpaired) electrons. The molecule has 6 nitrogen and oxygen atoms in total. The van der Waals surface area contributed by atoms with Crippen molar-refractivity contribution in [1.29, 1.82) is 0 Å². The van der Waals surface area contributed by atoms with Crippen molar-refractivity contribution in [3.8, 4) is 5.75 Å². The summed E-state index contributed by atoms with van der Waals surface area (Å²) >= 11 is 0. The third-order valence-corrected chi connectivity index (χ3v) is 7.76. The number of ether oxygens (including phenoxy) is 1. The number of rotatable bonds is 7. The number of benzene rings is 3. The number of hydrogen-bond donors (Lipinski definition) is 1. The van der Waals surface area contributed by atoms with Crippen molar-refractivity contribution in [2.75, 3.05) is 18.0 Å². The SMILES string of the molecule is COc1ccc(S(=O)(=O)N(CC(=O)NC2CCCc3ccccc32)c2ccccc2)cc1C. The largest absolute Gasteiger partial charge is 0.496 e. The van der Waals surface area contributed by atoms with E-state index in [9.17, 15) is 13.2 Å². The normalized spacial score (nSPS) is 15.4. The van der Waals surface area contributed by atoms with Crippen LogP contribution in [-0.2, 0) is 21.2 Å². The van der Waals surface area contributed by atoms with Gasteiger partial charge in [0.15, 0.2) is 0 Å². The van der Waals surface area contributed by atoms with Crippen molar-refractivity contribution >= 4 is 21.6 Å². The van der Waals surface area contributed by atoms with Crippen LogP contribution in [0.3, 0.4) is 0 Å². The second-order valence-electron chi connectivity index (χ2n) is 8.19. The molecular formula is C26H28N2O4S. The number of nitrogens with one attached hydrogen (secondary N) is 1. The minimum Gasteiger partial charge on any atom is -0.496 e. The number of anilines is 1. The van der Waals surface area contributed by atoms with E-state index in [-0.39, 0.29) is 23.4 Å². The molecule has 0 aromatic heterocycles. The summed E-state index contributed by atoms with van der Waals surface area (Å²) < 4.78 is 33.7. The fourth-order valence-corrected chi connectivity index (χ4v) is 5.83. The molecule has 0 saturated heterocycles. The number of carbonyl (C=O) groups is 1. The first-order chi connectivity index (χ1) is 15.9. The summed E-state index contributed by atoms with van der Waals surface area (Å²) in [6.45, 7) is 1.48. The van der Waals surface area contributed by atoms with Crippen molar-refractivity contribution in [3.05, 3.63) is 89.5 Å². The van der Waals surface area contributed by atoms with Crippen LogP contribution in [-0.4, -0.2) is 28.0 Å². The van der Waals surface area contributed by atoms with Crippen molar-refractivity contribution in [1.82, 2.24) is 5.32 Å². The van der Waals surface area contributed by atoms with Gasteiger partial charge in [-0.1, -0.05) is 42.5 Å². The Balaban J connectivity index is 1.62. The molecule has 7 heteroatoms. The average Bonchev–Trinajstić information content (AvgIpc) is 2.83. The molecule has 1 N–H and O–H groups in total. The van der Waals surface area contributed by atoms with Crippen LogP contribution >= 0.6 is 0 Å². The summed E-state index contributed by atoms with van der Waals surface area (Å²) in [6.07, 6.45) is 2.80. The Hall–Kier alpha value is -3.32. The van der Waals surface area contributed by atoms with Gasteiger partial charge in [0.05, 0.1) is 23.7 Å². The highest BCUT2D eigenvalue weighted by molar-refractivity contribution is 7.92. The Bertz CT molecular complexity index is 1240. The maximum absolute atomic E-state index is 13.6. The maximum Gasteiger partial charge on any atom is 0.264 e. The topological polar surface area (TPSA) is 75.7 Å². The minimum absolute atomic E-state index is 0.112. The smallest absolute Gasteiger partial charge is 0.264 e. The number of sulfonamides is 1. The summed E-state index contributed by atoms with van der Waals surface area (Å²) in [6, 6.07) is 21.4. The molecule has 0 spiro atoms. The molecule has 0 saturated carbocycles. The van der Waals surface area contributed by atoms with E-state index in [1.807, 2.05) is 24.3 Å². The second kappa shape index (κ2) is 9.67. The number of aryl methyl sites for hydroxylation is 2. The Morgan fingerprint density at radius 1 is 1.06 bits per heavy atom. The fourth-order valence-electron chi connectivity index (χ4n) is 4.32. The summed E-state index contributed by atoms with van der Waals surface area (Å²) in [5.74, 6) is 0.267. The molecule has 0 bridgehead atoms. The standard InChI is InChI=1S/C26H28N2O4S/c1-19-17-22(15-16-25(19)32-2)33(30,31)28(21-11-4-3-5-12-21)18-26(29)27-24-14-8-10-20-9-6-7-13-23(20)24/h3-7,9,11-13,15-17,24H,8,10,14,18H2,1-2H3,(H,27,29). The van der Waals surface area contributed by atoms with Crippen LogP contribution in [0.1, 0.15) is 35.6 Å². The molecule has 1 unspecified atom stereocenters. The van der Waals surface area contributed by atoms with Gasteiger partial charge in [-0.2, -0.15) is 0 Å². The van der Waals surface area contributed by atoms with Gasteiger partial charge in [-0.3, -0.25) is 9.10 Å². The lowest BCUT2D eigenvalue weighted by Gasteiger charge is -2.29. The first-order valence-electron chi connectivity index (χ1n) is 11.0. The molecular weight excluding hydrogens is 436 g/mol. The van der Waals surface area contributed by atoms with Crippen LogP contribution in [0.15, 0.2) is 77.7 Å². The molecule has 1 atom stereocenters. The van der Waals surface area contributed by atoms with Gasteiger partial charge in [0.25, 0.3) is 10.0 Å². The van der Waals surface area contributed by atoms with Gasteiger partial charge in [0, 0.05) is 0 Å². The molecule has 33 heavy (non-hydrogen) atoms. The number of fused-ring (bicyclic) bond motifs is 1. The molecule has 1 aliphatic carbocycles. The van der Waals surface area contributed by atoms with E-state index in [2.05, 4.69) is 11.4 Å². The molecule has 172 valence electrons. The maximum atomic E-state index is 13.6. The van der Waals surface area contributed by atoms with Crippen LogP contribution in [0.4, 0.5) is 5.69 Å². The van der Waals surface area contributed by atoms with Gasteiger partial charge < -0.3 is 10.1 Å². The molecule has 4 rings (SSSR count). The zero-order valence-corrected chi connectivity index (χ0v) is 19.6. The zero-order valence-electron chi connectivity index (χ0n) is 18.8. The Kier molecular flexibility index (Phi) is 6.70. The van der Waals surface area contributed by atoms with Crippen LogP contribution in [0.25, 0.3) is 0 Å². The lowest BCUT2D eigenvalue weighted by atomic mass is 9.88. The fraction of sp³-hybridized carbons (Fsp3) is 0.269.